The van der Waals surface area contributed by atoms with Crippen LogP contribution in [0.5, 0.6) is 0 Å². The van der Waals surface area contributed by atoms with Crippen molar-refractivity contribution in [2.45, 2.75) is 63.0 Å². The van der Waals surface area contributed by atoms with Crippen LogP contribution in [0.2, 0.25) is 0 Å². The second-order valence-corrected chi connectivity index (χ2v) is 11.5. The molecule has 2 aromatic rings. The van der Waals surface area contributed by atoms with E-state index in [0.717, 1.165) is 56.0 Å². The molecule has 5 nitrogen and oxygen atoms in total. The van der Waals surface area contributed by atoms with Gasteiger partial charge in [-0.3, -0.25) is 14.6 Å². The van der Waals surface area contributed by atoms with E-state index in [4.69, 9.17) is 0 Å². The molecule has 1 atom stereocenters. The first kappa shape index (κ1) is 32.3. The van der Waals surface area contributed by atoms with Crippen LogP contribution in [-0.2, 0) is 23.6 Å². The van der Waals surface area contributed by atoms with Gasteiger partial charge in [-0.2, -0.15) is 26.3 Å². The Morgan fingerprint density at radius 1 is 0.929 bits per heavy atom. The topological polar surface area (TPSA) is 47.0 Å². The standard InChI is InChI=1S/C31H39F6N3O2/c1-38(14-10-23-18-25(30(32,33)34)20-26(19-23)31(35,36)37)29(42)28(24-6-3-2-4-7-24)39-15-11-27(12-16-39)40(13-5-17-41)21-22-8-9-22/h2-4,6-7,18-20,22,27-28,41H,5,8-17,21H2,1H3/t28-/m0/s1. The Bertz CT molecular complexity index is 1130. The van der Waals surface area contributed by atoms with Gasteiger partial charge in [0, 0.05) is 52.4 Å². The lowest BCUT2D eigenvalue weighted by Crippen LogP contribution is -2.50. The van der Waals surface area contributed by atoms with Gasteiger partial charge in [-0.25, -0.2) is 0 Å². The average molecular weight is 600 g/mol. The van der Waals surface area contributed by atoms with Gasteiger partial charge in [0.1, 0.15) is 6.04 Å². The lowest BCUT2D eigenvalue weighted by atomic mass is 9.96. The molecule has 2 fully saturated rings. The van der Waals surface area contributed by atoms with Crippen molar-refractivity contribution in [3.05, 3.63) is 70.8 Å². The van der Waals surface area contributed by atoms with E-state index in [1.54, 1.807) is 0 Å². The first-order valence-corrected chi connectivity index (χ1v) is 14.5. The molecule has 2 aromatic carbocycles. The number of alkyl halides is 6. The SMILES string of the molecule is CN(CCc1cc(C(F)(F)F)cc(C(F)(F)F)c1)C(=O)[C@H](c1ccccc1)N1CCC(N(CCCO)CC2CC2)CC1. The molecule has 1 aliphatic heterocycles. The number of carbonyl (C=O) groups is 1. The number of likely N-dealkylation sites (tertiary alicyclic amines) is 1. The lowest BCUT2D eigenvalue weighted by molar-refractivity contribution is -0.143. The fraction of sp³-hybridized carbons (Fsp3) is 0.581. The van der Waals surface area contributed by atoms with Crippen molar-refractivity contribution in [3.63, 3.8) is 0 Å². The van der Waals surface area contributed by atoms with E-state index in [1.165, 1.54) is 24.8 Å². The number of likely N-dealkylation sites (N-methyl/N-ethyl adjacent to an activating group) is 1. The summed E-state index contributed by atoms with van der Waals surface area (Å²) < 4.78 is 79.9. The van der Waals surface area contributed by atoms with Gasteiger partial charge in [-0.05, 0) is 73.8 Å². The number of halogens is 6. The fourth-order valence-corrected chi connectivity index (χ4v) is 5.76. The summed E-state index contributed by atoms with van der Waals surface area (Å²) in [5, 5.41) is 9.36. The second kappa shape index (κ2) is 13.8. The zero-order valence-corrected chi connectivity index (χ0v) is 23.8. The Labute approximate surface area is 243 Å². The van der Waals surface area contributed by atoms with Crippen molar-refractivity contribution < 1.29 is 36.2 Å². The molecule has 0 bridgehead atoms. The predicted octanol–water partition coefficient (Wildman–Crippen LogP) is 6.03. The van der Waals surface area contributed by atoms with Crippen LogP contribution in [0.25, 0.3) is 0 Å². The van der Waals surface area contributed by atoms with Crippen molar-refractivity contribution in [2.75, 3.05) is 46.4 Å². The lowest BCUT2D eigenvalue weighted by Gasteiger charge is -2.42. The molecule has 0 spiro atoms. The third-order valence-corrected chi connectivity index (χ3v) is 8.28. The van der Waals surface area contributed by atoms with Crippen molar-refractivity contribution in [1.82, 2.24) is 14.7 Å². The van der Waals surface area contributed by atoms with Gasteiger partial charge in [0.25, 0.3) is 0 Å². The normalized spacial score (nSPS) is 17.9. The number of carbonyl (C=O) groups excluding carboxylic acids is 1. The van der Waals surface area contributed by atoms with E-state index >= 15 is 0 Å². The molecule has 1 amide bonds. The van der Waals surface area contributed by atoms with Crippen LogP contribution in [0.4, 0.5) is 26.3 Å². The zero-order valence-electron chi connectivity index (χ0n) is 23.8. The maximum atomic E-state index is 13.8. The highest BCUT2D eigenvalue weighted by molar-refractivity contribution is 5.83. The summed E-state index contributed by atoms with van der Waals surface area (Å²) in [6, 6.07) is 10.6. The molecule has 11 heteroatoms. The number of benzene rings is 2. The molecule has 0 aromatic heterocycles. The highest BCUT2D eigenvalue weighted by Gasteiger charge is 2.38. The van der Waals surface area contributed by atoms with E-state index in [1.807, 2.05) is 30.3 Å². The molecule has 0 unspecified atom stereocenters. The quantitative estimate of drug-likeness (QED) is 0.303. The number of hydrogen-bond acceptors (Lipinski definition) is 4. The van der Waals surface area contributed by atoms with Crippen molar-refractivity contribution >= 4 is 5.91 Å². The van der Waals surface area contributed by atoms with Crippen LogP contribution < -0.4 is 0 Å². The van der Waals surface area contributed by atoms with E-state index < -0.39 is 29.5 Å². The highest BCUT2D eigenvalue weighted by atomic mass is 19.4. The maximum Gasteiger partial charge on any atom is 0.416 e. The first-order valence-electron chi connectivity index (χ1n) is 14.5. The predicted molar refractivity (Wildman–Crippen MR) is 148 cm³/mol. The van der Waals surface area contributed by atoms with Crippen molar-refractivity contribution in [3.8, 4) is 0 Å². The van der Waals surface area contributed by atoms with E-state index in [-0.39, 0.29) is 37.1 Å². The van der Waals surface area contributed by atoms with Crippen LogP contribution in [0, 0.1) is 5.92 Å². The molecule has 1 heterocycles. The largest absolute Gasteiger partial charge is 0.416 e. The van der Waals surface area contributed by atoms with Crippen LogP contribution in [0.1, 0.15) is 60.4 Å². The number of amides is 1. The molecular weight excluding hydrogens is 560 g/mol. The minimum Gasteiger partial charge on any atom is -0.396 e. The van der Waals surface area contributed by atoms with Gasteiger partial charge in [-0.1, -0.05) is 30.3 Å². The zero-order chi connectivity index (χ0) is 30.5. The van der Waals surface area contributed by atoms with Gasteiger partial charge < -0.3 is 10.0 Å². The maximum absolute atomic E-state index is 13.8. The Balaban J connectivity index is 1.46. The fourth-order valence-electron chi connectivity index (χ4n) is 5.76. The minimum absolute atomic E-state index is 0.0342. The summed E-state index contributed by atoms with van der Waals surface area (Å²) >= 11 is 0. The van der Waals surface area contributed by atoms with Gasteiger partial charge in [0.05, 0.1) is 11.1 Å². The molecule has 1 aliphatic carbocycles. The number of aliphatic hydroxyl groups excluding tert-OH is 1. The van der Waals surface area contributed by atoms with Crippen LogP contribution in [0.15, 0.2) is 48.5 Å². The van der Waals surface area contributed by atoms with Gasteiger partial charge in [0.15, 0.2) is 0 Å². The summed E-state index contributed by atoms with van der Waals surface area (Å²) in [5.74, 6) is 0.468. The Kier molecular flexibility index (Phi) is 10.6. The second-order valence-electron chi connectivity index (χ2n) is 11.5. The van der Waals surface area contributed by atoms with Crippen LogP contribution >= 0.6 is 0 Å². The smallest absolute Gasteiger partial charge is 0.396 e. The summed E-state index contributed by atoms with van der Waals surface area (Å²) in [6.45, 7) is 3.33. The first-order chi connectivity index (χ1) is 19.9. The molecule has 0 radical (unpaired) electrons. The molecule has 4 rings (SSSR count). The average Bonchev–Trinajstić information content (AvgIpc) is 3.78. The van der Waals surface area contributed by atoms with Gasteiger partial charge >= 0.3 is 12.4 Å². The number of hydrogen-bond donors (Lipinski definition) is 1. The molecule has 1 saturated heterocycles. The third-order valence-electron chi connectivity index (χ3n) is 8.28. The molecule has 1 N–H and O–H groups in total. The Morgan fingerprint density at radius 3 is 2.05 bits per heavy atom. The third kappa shape index (κ3) is 8.70. The Morgan fingerprint density at radius 2 is 1.52 bits per heavy atom. The van der Waals surface area contributed by atoms with Crippen molar-refractivity contribution in [1.29, 1.82) is 0 Å². The molecule has 42 heavy (non-hydrogen) atoms. The highest BCUT2D eigenvalue weighted by Crippen LogP contribution is 2.37. The van der Waals surface area contributed by atoms with Crippen LogP contribution in [-0.4, -0.2) is 78.1 Å². The molecule has 1 saturated carbocycles. The molecule has 232 valence electrons. The number of nitrogens with zero attached hydrogens (tertiary/aromatic N) is 3. The van der Waals surface area contributed by atoms with Crippen molar-refractivity contribution in [2.24, 2.45) is 5.92 Å². The summed E-state index contributed by atoms with van der Waals surface area (Å²) in [5.41, 5.74) is -2.06. The molecular formula is C31H39F6N3O2. The number of aliphatic hydroxyl groups is 1. The Hall–Kier alpha value is -2.63. The number of piperidine rings is 1. The van der Waals surface area contributed by atoms with Gasteiger partial charge in [-0.15, -0.1) is 0 Å². The number of rotatable bonds is 12. The van der Waals surface area contributed by atoms with E-state index in [2.05, 4.69) is 9.80 Å². The minimum atomic E-state index is -4.92. The van der Waals surface area contributed by atoms with Gasteiger partial charge in [0.2, 0.25) is 5.91 Å². The van der Waals surface area contributed by atoms with Crippen LogP contribution in [0.3, 0.4) is 0 Å². The summed E-state index contributed by atoms with van der Waals surface area (Å²) in [7, 11) is 1.54. The van der Waals surface area contributed by atoms with E-state index in [9.17, 15) is 36.2 Å². The van der Waals surface area contributed by atoms with E-state index in [0.29, 0.717) is 19.1 Å². The monoisotopic (exact) mass is 599 g/mol. The summed E-state index contributed by atoms with van der Waals surface area (Å²) in [6.07, 6.45) is -5.07. The summed E-state index contributed by atoms with van der Waals surface area (Å²) in [4.78, 5) is 19.8. The molecule has 2 aliphatic rings.